The molecule has 1 saturated carbocycles. The number of amides is 1. The van der Waals surface area contributed by atoms with E-state index in [-0.39, 0.29) is 24.4 Å². The van der Waals surface area contributed by atoms with Crippen LogP contribution in [0.25, 0.3) is 0 Å². The number of hydrogen-bond acceptors (Lipinski definition) is 3. The Kier molecular flexibility index (Phi) is 8.01. The molecule has 1 aliphatic carbocycles. The van der Waals surface area contributed by atoms with E-state index < -0.39 is 0 Å². The maximum atomic E-state index is 11.7. The number of halogens is 2. The molecule has 2 rings (SSSR count). The molecule has 0 aromatic heterocycles. The molecule has 1 aliphatic rings. The summed E-state index contributed by atoms with van der Waals surface area (Å²) in [6, 6.07) is 5.67. The molecule has 0 heterocycles. The summed E-state index contributed by atoms with van der Waals surface area (Å²) in [4.78, 5) is 11.7. The van der Waals surface area contributed by atoms with Gasteiger partial charge in [-0.15, -0.1) is 12.4 Å². The van der Waals surface area contributed by atoms with Gasteiger partial charge in [0.2, 0.25) is 5.91 Å². The quantitative estimate of drug-likeness (QED) is 0.711. The van der Waals surface area contributed by atoms with Gasteiger partial charge in [0.05, 0.1) is 6.61 Å². The monoisotopic (exact) mass is 346 g/mol. The molecule has 1 fully saturated rings. The van der Waals surface area contributed by atoms with Gasteiger partial charge >= 0.3 is 0 Å². The molecule has 1 aromatic rings. The lowest BCUT2D eigenvalue weighted by Gasteiger charge is -2.11. The summed E-state index contributed by atoms with van der Waals surface area (Å²) in [5.41, 5.74) is 6.92. The van der Waals surface area contributed by atoms with Crippen molar-refractivity contribution in [2.45, 2.75) is 38.6 Å². The zero-order chi connectivity index (χ0) is 15.2. The van der Waals surface area contributed by atoms with E-state index in [0.717, 1.165) is 16.3 Å². The first-order chi connectivity index (χ1) is 10.1. The van der Waals surface area contributed by atoms with Crippen LogP contribution in [0.4, 0.5) is 0 Å². The molecule has 1 amide bonds. The van der Waals surface area contributed by atoms with Crippen LogP contribution in [0.1, 0.15) is 31.2 Å². The molecule has 0 aliphatic heterocycles. The molecule has 124 valence electrons. The minimum Gasteiger partial charge on any atom is -0.494 e. The maximum Gasteiger partial charge on any atom is 0.220 e. The lowest BCUT2D eigenvalue weighted by Crippen LogP contribution is -2.38. The number of hydrogen-bond donors (Lipinski definition) is 2. The van der Waals surface area contributed by atoms with Gasteiger partial charge < -0.3 is 15.8 Å². The van der Waals surface area contributed by atoms with Gasteiger partial charge in [-0.3, -0.25) is 4.79 Å². The largest absolute Gasteiger partial charge is 0.494 e. The Balaban J connectivity index is 0.00000242. The average molecular weight is 347 g/mol. The van der Waals surface area contributed by atoms with Crippen molar-refractivity contribution < 1.29 is 9.53 Å². The first-order valence-electron chi connectivity index (χ1n) is 7.47. The first-order valence-corrected chi connectivity index (χ1v) is 7.85. The van der Waals surface area contributed by atoms with Gasteiger partial charge in [0, 0.05) is 24.0 Å². The molecule has 22 heavy (non-hydrogen) atoms. The van der Waals surface area contributed by atoms with E-state index >= 15 is 0 Å². The zero-order valence-electron chi connectivity index (χ0n) is 12.8. The molecule has 0 saturated heterocycles. The summed E-state index contributed by atoms with van der Waals surface area (Å²) in [6.45, 7) is 3.04. The molecule has 0 spiro atoms. The van der Waals surface area contributed by atoms with Crippen molar-refractivity contribution in [3.63, 3.8) is 0 Å². The first kappa shape index (κ1) is 19.1. The second-order valence-electron chi connectivity index (χ2n) is 5.67. The van der Waals surface area contributed by atoms with Crippen molar-refractivity contribution in [1.82, 2.24) is 5.32 Å². The van der Waals surface area contributed by atoms with Crippen LogP contribution in [-0.2, 0) is 4.79 Å². The lowest BCUT2D eigenvalue weighted by molar-refractivity contribution is -0.121. The number of aryl methyl sites for hydroxylation is 1. The third-order valence-electron chi connectivity index (χ3n) is 3.71. The van der Waals surface area contributed by atoms with Crippen molar-refractivity contribution >= 4 is 29.9 Å². The van der Waals surface area contributed by atoms with Gasteiger partial charge in [0.15, 0.2) is 0 Å². The van der Waals surface area contributed by atoms with Crippen LogP contribution in [-0.4, -0.2) is 25.1 Å². The Labute approximate surface area is 143 Å². The summed E-state index contributed by atoms with van der Waals surface area (Å²) in [6.07, 6.45) is 3.55. The fourth-order valence-corrected chi connectivity index (χ4v) is 2.26. The van der Waals surface area contributed by atoms with Crippen molar-refractivity contribution in [2.75, 3.05) is 13.2 Å². The molecule has 0 bridgehead atoms. The highest BCUT2D eigenvalue weighted by atomic mass is 35.5. The van der Waals surface area contributed by atoms with Gasteiger partial charge in [0.1, 0.15) is 5.75 Å². The van der Waals surface area contributed by atoms with E-state index in [1.54, 1.807) is 0 Å². The third kappa shape index (κ3) is 6.42. The number of carbonyl (C=O) groups is 1. The number of carbonyl (C=O) groups excluding carboxylic acids is 1. The maximum absolute atomic E-state index is 11.7. The molecular formula is C16H24Cl2N2O2. The summed E-state index contributed by atoms with van der Waals surface area (Å²) < 4.78 is 5.60. The van der Waals surface area contributed by atoms with Gasteiger partial charge in [-0.25, -0.2) is 0 Å². The van der Waals surface area contributed by atoms with Crippen LogP contribution in [0.15, 0.2) is 18.2 Å². The molecule has 0 radical (unpaired) electrons. The molecule has 1 aromatic carbocycles. The van der Waals surface area contributed by atoms with Crippen molar-refractivity contribution in [1.29, 1.82) is 0 Å². The summed E-state index contributed by atoms with van der Waals surface area (Å²) in [7, 11) is 0. The average Bonchev–Trinajstić information content (AvgIpc) is 3.29. The lowest BCUT2D eigenvalue weighted by atomic mass is 10.2. The SMILES string of the molecule is Cc1cc(OCCCC(=O)NCC(N)C2CC2)ccc1Cl.Cl. The normalized spacial score (nSPS) is 14.9. The van der Waals surface area contributed by atoms with Crippen LogP contribution < -0.4 is 15.8 Å². The van der Waals surface area contributed by atoms with Crippen LogP contribution in [0.5, 0.6) is 5.75 Å². The highest BCUT2D eigenvalue weighted by Crippen LogP contribution is 2.31. The molecule has 1 atom stereocenters. The second-order valence-corrected chi connectivity index (χ2v) is 6.08. The van der Waals surface area contributed by atoms with Crippen molar-refractivity contribution in [3.8, 4) is 5.75 Å². The van der Waals surface area contributed by atoms with Crippen LogP contribution in [0, 0.1) is 12.8 Å². The topological polar surface area (TPSA) is 64.3 Å². The Bertz CT molecular complexity index is 493. The Morgan fingerprint density at radius 1 is 1.50 bits per heavy atom. The fraction of sp³-hybridized carbons (Fsp3) is 0.562. The van der Waals surface area contributed by atoms with Gasteiger partial charge in [-0.05, 0) is 55.9 Å². The Hall–Kier alpha value is -0.970. The number of nitrogens with two attached hydrogens (primary N) is 1. The van der Waals surface area contributed by atoms with E-state index in [9.17, 15) is 4.79 Å². The smallest absolute Gasteiger partial charge is 0.220 e. The second kappa shape index (κ2) is 9.23. The van der Waals surface area contributed by atoms with E-state index in [1.807, 2.05) is 25.1 Å². The van der Waals surface area contributed by atoms with Crippen LogP contribution >= 0.6 is 24.0 Å². The highest BCUT2D eigenvalue weighted by Gasteiger charge is 2.28. The van der Waals surface area contributed by atoms with Gasteiger partial charge in [-0.1, -0.05) is 11.6 Å². The summed E-state index contributed by atoms with van der Waals surface area (Å²) >= 11 is 5.95. The van der Waals surface area contributed by atoms with Gasteiger partial charge in [-0.2, -0.15) is 0 Å². The summed E-state index contributed by atoms with van der Waals surface area (Å²) in [5, 5.41) is 3.61. The standard InChI is InChI=1S/C16H23ClN2O2.ClH/c1-11-9-13(6-7-14(11)17)21-8-2-3-16(20)19-10-15(18)12-4-5-12;/h6-7,9,12,15H,2-5,8,10,18H2,1H3,(H,19,20);1H. The van der Waals surface area contributed by atoms with E-state index in [2.05, 4.69) is 5.32 Å². The minimum absolute atomic E-state index is 0. The predicted molar refractivity (Wildman–Crippen MR) is 91.9 cm³/mol. The third-order valence-corrected chi connectivity index (χ3v) is 4.13. The number of nitrogens with one attached hydrogen (secondary N) is 1. The number of benzene rings is 1. The van der Waals surface area contributed by atoms with E-state index in [0.29, 0.717) is 31.9 Å². The van der Waals surface area contributed by atoms with Crippen molar-refractivity contribution in [2.24, 2.45) is 11.7 Å². The Morgan fingerprint density at radius 2 is 2.23 bits per heavy atom. The molecule has 4 nitrogen and oxygen atoms in total. The summed E-state index contributed by atoms with van der Waals surface area (Å²) in [5.74, 6) is 1.44. The van der Waals surface area contributed by atoms with Crippen molar-refractivity contribution in [3.05, 3.63) is 28.8 Å². The Morgan fingerprint density at radius 3 is 2.86 bits per heavy atom. The van der Waals surface area contributed by atoms with E-state index in [1.165, 1.54) is 12.8 Å². The minimum atomic E-state index is 0. The molecule has 6 heteroatoms. The fourth-order valence-electron chi connectivity index (χ4n) is 2.14. The molecule has 3 N–H and O–H groups in total. The van der Waals surface area contributed by atoms with Crippen LogP contribution in [0.2, 0.25) is 5.02 Å². The highest BCUT2D eigenvalue weighted by molar-refractivity contribution is 6.31. The number of rotatable bonds is 8. The number of ether oxygens (including phenoxy) is 1. The van der Waals surface area contributed by atoms with Gasteiger partial charge in [0.25, 0.3) is 0 Å². The molecular weight excluding hydrogens is 323 g/mol. The predicted octanol–water partition coefficient (Wildman–Crippen LogP) is 3.08. The molecule has 1 unspecified atom stereocenters. The zero-order valence-corrected chi connectivity index (χ0v) is 14.4. The van der Waals surface area contributed by atoms with E-state index in [4.69, 9.17) is 22.1 Å². The van der Waals surface area contributed by atoms with Crippen LogP contribution in [0.3, 0.4) is 0 Å².